The van der Waals surface area contributed by atoms with Gasteiger partial charge in [-0.2, -0.15) is 0 Å². The maximum atomic E-state index is 6.10. The van der Waals surface area contributed by atoms with Crippen molar-refractivity contribution < 1.29 is 4.84 Å². The summed E-state index contributed by atoms with van der Waals surface area (Å²) in [6, 6.07) is 5.35. The second-order valence-electron chi connectivity index (χ2n) is 4.18. The van der Waals surface area contributed by atoms with Crippen LogP contribution in [0, 0.1) is 0 Å². The summed E-state index contributed by atoms with van der Waals surface area (Å²) in [6.45, 7) is 5.36. The smallest absolute Gasteiger partial charge is 0.223 e. The van der Waals surface area contributed by atoms with Crippen molar-refractivity contribution >= 4 is 34.8 Å². The number of nitrogens with zero attached hydrogens (tertiary/aromatic N) is 2. The van der Waals surface area contributed by atoms with Gasteiger partial charge in [0.15, 0.2) is 0 Å². The van der Waals surface area contributed by atoms with Crippen LogP contribution in [0.1, 0.15) is 13.8 Å². The SMILES string of the molecule is CC(C)ON1CCN=C1Nc1c(Cl)cccc1Cl. The Kier molecular flexibility index (Phi) is 4.32. The van der Waals surface area contributed by atoms with Gasteiger partial charge in [-0.05, 0) is 26.0 Å². The van der Waals surface area contributed by atoms with Gasteiger partial charge in [0.1, 0.15) is 0 Å². The molecule has 0 aromatic heterocycles. The fraction of sp³-hybridized carbons (Fsp3) is 0.417. The van der Waals surface area contributed by atoms with Gasteiger partial charge in [0.25, 0.3) is 0 Å². The summed E-state index contributed by atoms with van der Waals surface area (Å²) in [4.78, 5) is 9.97. The number of aliphatic imine (C=N–C) groups is 1. The lowest BCUT2D eigenvalue weighted by Gasteiger charge is -2.23. The first-order valence-corrected chi connectivity index (χ1v) is 6.53. The molecule has 2 rings (SSSR count). The fourth-order valence-corrected chi connectivity index (χ4v) is 2.11. The van der Waals surface area contributed by atoms with Crippen LogP contribution in [0.3, 0.4) is 0 Å². The average molecular weight is 288 g/mol. The van der Waals surface area contributed by atoms with Crippen LogP contribution in [0.4, 0.5) is 5.69 Å². The zero-order valence-corrected chi connectivity index (χ0v) is 11.8. The molecule has 0 aliphatic carbocycles. The van der Waals surface area contributed by atoms with E-state index in [1.807, 2.05) is 13.8 Å². The van der Waals surface area contributed by atoms with E-state index in [1.165, 1.54) is 0 Å². The summed E-state index contributed by atoms with van der Waals surface area (Å²) in [6.07, 6.45) is 0.0943. The van der Waals surface area contributed by atoms with Gasteiger partial charge in [-0.1, -0.05) is 29.3 Å². The molecule has 0 radical (unpaired) electrons. The molecule has 1 heterocycles. The summed E-state index contributed by atoms with van der Waals surface area (Å²) >= 11 is 12.2. The molecule has 0 fully saturated rings. The number of hydrogen-bond donors (Lipinski definition) is 1. The van der Waals surface area contributed by atoms with Gasteiger partial charge in [-0.15, -0.1) is 0 Å². The molecule has 0 unspecified atom stereocenters. The summed E-state index contributed by atoms with van der Waals surface area (Å²) in [7, 11) is 0. The standard InChI is InChI=1S/C12H15Cl2N3O/c1-8(2)18-17-7-6-15-12(17)16-11-9(13)4-3-5-10(11)14/h3-5,8H,6-7H2,1-2H3,(H,15,16). The van der Waals surface area contributed by atoms with Crippen LogP contribution in [0.15, 0.2) is 23.2 Å². The summed E-state index contributed by atoms with van der Waals surface area (Å²) < 4.78 is 0. The number of benzene rings is 1. The van der Waals surface area contributed by atoms with Crippen molar-refractivity contribution in [3.8, 4) is 0 Å². The molecule has 1 aliphatic rings. The molecule has 0 spiro atoms. The van der Waals surface area contributed by atoms with Crippen molar-refractivity contribution in [2.45, 2.75) is 20.0 Å². The summed E-state index contributed by atoms with van der Waals surface area (Å²) in [5, 5.41) is 5.96. The molecule has 98 valence electrons. The van der Waals surface area contributed by atoms with Crippen molar-refractivity contribution in [3.05, 3.63) is 28.2 Å². The van der Waals surface area contributed by atoms with Crippen LogP contribution in [0.25, 0.3) is 0 Å². The van der Waals surface area contributed by atoms with E-state index in [2.05, 4.69) is 10.3 Å². The number of halogens is 2. The van der Waals surface area contributed by atoms with Gasteiger partial charge in [-0.3, -0.25) is 4.84 Å². The maximum absolute atomic E-state index is 6.10. The zero-order chi connectivity index (χ0) is 13.1. The van der Waals surface area contributed by atoms with Crippen molar-refractivity contribution in [2.24, 2.45) is 4.99 Å². The van der Waals surface area contributed by atoms with Crippen molar-refractivity contribution in [3.63, 3.8) is 0 Å². The van der Waals surface area contributed by atoms with E-state index in [9.17, 15) is 0 Å². The van der Waals surface area contributed by atoms with Crippen molar-refractivity contribution in [1.82, 2.24) is 5.06 Å². The highest BCUT2D eigenvalue weighted by Crippen LogP contribution is 2.30. The number of guanidine groups is 1. The highest BCUT2D eigenvalue weighted by atomic mass is 35.5. The lowest BCUT2D eigenvalue weighted by molar-refractivity contribution is -0.126. The minimum atomic E-state index is 0.0943. The first-order chi connectivity index (χ1) is 8.58. The monoisotopic (exact) mass is 287 g/mol. The van der Waals surface area contributed by atoms with Gasteiger partial charge in [-0.25, -0.2) is 10.1 Å². The van der Waals surface area contributed by atoms with Crippen LogP contribution < -0.4 is 5.32 Å². The Morgan fingerprint density at radius 3 is 2.61 bits per heavy atom. The van der Waals surface area contributed by atoms with Crippen molar-refractivity contribution in [1.29, 1.82) is 0 Å². The Bertz CT molecular complexity index is 442. The second-order valence-corrected chi connectivity index (χ2v) is 5.00. The molecular weight excluding hydrogens is 273 g/mol. The quantitative estimate of drug-likeness (QED) is 0.926. The predicted molar refractivity (Wildman–Crippen MR) is 75.3 cm³/mol. The van der Waals surface area contributed by atoms with E-state index in [0.717, 1.165) is 6.54 Å². The van der Waals surface area contributed by atoms with E-state index in [1.54, 1.807) is 23.3 Å². The first kappa shape index (κ1) is 13.5. The Balaban J connectivity index is 2.13. The maximum Gasteiger partial charge on any atom is 0.223 e. The molecule has 1 N–H and O–H groups in total. The van der Waals surface area contributed by atoms with Crippen LogP contribution in [0.2, 0.25) is 10.0 Å². The number of rotatable bonds is 3. The topological polar surface area (TPSA) is 36.9 Å². The summed E-state index contributed by atoms with van der Waals surface area (Å²) in [5.41, 5.74) is 0.652. The van der Waals surface area contributed by atoms with E-state index in [4.69, 9.17) is 28.0 Å². The summed E-state index contributed by atoms with van der Waals surface area (Å²) in [5.74, 6) is 0.638. The van der Waals surface area contributed by atoms with Gasteiger partial charge in [0.05, 0.1) is 34.9 Å². The second kappa shape index (κ2) is 5.78. The Labute approximate surface area is 116 Å². The predicted octanol–water partition coefficient (Wildman–Crippen LogP) is 3.42. The normalized spacial score (nSPS) is 15.2. The van der Waals surface area contributed by atoms with E-state index in [0.29, 0.717) is 28.2 Å². The molecule has 0 amide bonds. The third-order valence-corrected chi connectivity index (χ3v) is 2.97. The molecular formula is C12H15Cl2N3O. The van der Waals surface area contributed by atoms with Crippen LogP contribution in [-0.2, 0) is 4.84 Å². The van der Waals surface area contributed by atoms with E-state index < -0.39 is 0 Å². The molecule has 1 aliphatic heterocycles. The minimum absolute atomic E-state index is 0.0943. The molecule has 0 saturated heterocycles. The first-order valence-electron chi connectivity index (χ1n) is 5.77. The van der Waals surface area contributed by atoms with Gasteiger partial charge in [0, 0.05) is 0 Å². The molecule has 18 heavy (non-hydrogen) atoms. The van der Waals surface area contributed by atoms with Crippen LogP contribution in [0.5, 0.6) is 0 Å². The van der Waals surface area contributed by atoms with E-state index in [-0.39, 0.29) is 6.10 Å². The molecule has 4 nitrogen and oxygen atoms in total. The highest BCUT2D eigenvalue weighted by molar-refractivity contribution is 6.39. The van der Waals surface area contributed by atoms with E-state index >= 15 is 0 Å². The number of para-hydroxylation sites is 1. The fourth-order valence-electron chi connectivity index (χ4n) is 1.62. The molecule has 0 bridgehead atoms. The number of anilines is 1. The van der Waals surface area contributed by atoms with Crippen molar-refractivity contribution in [2.75, 3.05) is 18.4 Å². The molecule has 6 heteroatoms. The van der Waals surface area contributed by atoms with Gasteiger partial charge >= 0.3 is 0 Å². The third kappa shape index (κ3) is 3.07. The number of nitrogens with one attached hydrogen (secondary N) is 1. The molecule has 0 atom stereocenters. The minimum Gasteiger partial charge on any atom is -0.322 e. The number of hydrogen-bond acceptors (Lipinski definition) is 4. The lowest BCUT2D eigenvalue weighted by Crippen LogP contribution is -2.35. The Hall–Kier alpha value is -0.970. The molecule has 0 saturated carbocycles. The van der Waals surface area contributed by atoms with Crippen LogP contribution >= 0.6 is 23.2 Å². The molecule has 1 aromatic carbocycles. The van der Waals surface area contributed by atoms with Gasteiger partial charge in [0.2, 0.25) is 5.96 Å². The molecule has 1 aromatic rings. The lowest BCUT2D eigenvalue weighted by atomic mass is 10.3. The highest BCUT2D eigenvalue weighted by Gasteiger charge is 2.20. The third-order valence-electron chi connectivity index (χ3n) is 2.34. The average Bonchev–Trinajstić information content (AvgIpc) is 2.70. The van der Waals surface area contributed by atoms with Gasteiger partial charge < -0.3 is 5.32 Å². The number of hydroxylamine groups is 2. The Morgan fingerprint density at radius 1 is 1.33 bits per heavy atom. The largest absolute Gasteiger partial charge is 0.322 e. The Morgan fingerprint density at radius 2 is 2.00 bits per heavy atom. The zero-order valence-electron chi connectivity index (χ0n) is 10.3. The van der Waals surface area contributed by atoms with Crippen LogP contribution in [-0.4, -0.2) is 30.2 Å².